The number of anilines is 2. The molecule has 0 bridgehead atoms. The third-order valence-electron chi connectivity index (χ3n) is 3.99. The molecule has 0 saturated heterocycles. The molecule has 0 aliphatic heterocycles. The lowest BCUT2D eigenvalue weighted by Gasteiger charge is -2.10. The van der Waals surface area contributed by atoms with Crippen LogP contribution in [0.4, 0.5) is 11.5 Å². The van der Waals surface area contributed by atoms with Crippen molar-refractivity contribution in [2.45, 2.75) is 20.4 Å². The van der Waals surface area contributed by atoms with Gasteiger partial charge in [0.25, 0.3) is 5.91 Å². The van der Waals surface area contributed by atoms with Crippen LogP contribution in [-0.2, 0) is 6.54 Å². The molecule has 1 amide bonds. The number of hydrogen-bond acceptors (Lipinski definition) is 5. The van der Waals surface area contributed by atoms with E-state index in [1.54, 1.807) is 20.1 Å². The van der Waals surface area contributed by atoms with Crippen LogP contribution >= 0.6 is 0 Å². The maximum atomic E-state index is 12.5. The zero-order chi connectivity index (χ0) is 19.2. The molecule has 2 aromatic carbocycles. The van der Waals surface area contributed by atoms with Crippen molar-refractivity contribution in [2.75, 3.05) is 12.4 Å². The Morgan fingerprint density at radius 2 is 1.81 bits per heavy atom. The Morgan fingerprint density at radius 1 is 1.04 bits per heavy atom. The van der Waals surface area contributed by atoms with Crippen LogP contribution in [0.25, 0.3) is 0 Å². The molecule has 0 fully saturated rings. The molecule has 0 atom stereocenters. The first-order valence-corrected chi connectivity index (χ1v) is 8.64. The van der Waals surface area contributed by atoms with Gasteiger partial charge in [-0.2, -0.15) is 0 Å². The van der Waals surface area contributed by atoms with E-state index in [1.165, 1.54) is 5.56 Å². The minimum absolute atomic E-state index is 0.241. The normalized spacial score (nSPS) is 10.3. The molecule has 0 spiro atoms. The van der Waals surface area contributed by atoms with Gasteiger partial charge < -0.3 is 15.4 Å². The third-order valence-corrected chi connectivity index (χ3v) is 3.99. The number of benzene rings is 2. The van der Waals surface area contributed by atoms with E-state index in [0.29, 0.717) is 23.9 Å². The van der Waals surface area contributed by atoms with Gasteiger partial charge in [-0.05, 0) is 31.5 Å². The van der Waals surface area contributed by atoms with Crippen LogP contribution in [0.5, 0.6) is 5.75 Å². The van der Waals surface area contributed by atoms with E-state index in [0.717, 1.165) is 17.0 Å². The van der Waals surface area contributed by atoms with Gasteiger partial charge in [0.2, 0.25) is 0 Å². The number of carbonyl (C=O) groups is 1. The average molecular weight is 362 g/mol. The van der Waals surface area contributed by atoms with E-state index in [9.17, 15) is 4.79 Å². The van der Waals surface area contributed by atoms with E-state index >= 15 is 0 Å². The summed E-state index contributed by atoms with van der Waals surface area (Å²) in [5.74, 6) is 1.57. The number of rotatable bonds is 6. The second-order valence-corrected chi connectivity index (χ2v) is 6.21. The minimum atomic E-state index is -0.241. The van der Waals surface area contributed by atoms with Crippen LogP contribution in [-0.4, -0.2) is 23.0 Å². The number of amides is 1. The second kappa shape index (κ2) is 8.31. The predicted molar refractivity (Wildman–Crippen MR) is 105 cm³/mol. The highest BCUT2D eigenvalue weighted by Gasteiger charge is 2.11. The summed E-state index contributed by atoms with van der Waals surface area (Å²) < 4.78 is 5.22. The number of nitrogens with one attached hydrogen (secondary N) is 2. The number of aromatic nitrogens is 2. The van der Waals surface area contributed by atoms with Gasteiger partial charge in [-0.3, -0.25) is 4.79 Å². The fraction of sp³-hybridized carbons (Fsp3) is 0.190. The average Bonchev–Trinajstić information content (AvgIpc) is 2.67. The quantitative estimate of drug-likeness (QED) is 0.698. The lowest BCUT2D eigenvalue weighted by molar-refractivity contribution is 0.0945. The zero-order valence-corrected chi connectivity index (χ0v) is 15.6. The van der Waals surface area contributed by atoms with Crippen molar-refractivity contribution in [3.8, 4) is 5.75 Å². The van der Waals surface area contributed by atoms with Gasteiger partial charge >= 0.3 is 0 Å². The molecule has 6 nitrogen and oxygen atoms in total. The van der Waals surface area contributed by atoms with Gasteiger partial charge in [0.05, 0.1) is 7.11 Å². The molecule has 0 aliphatic carbocycles. The molecule has 6 heteroatoms. The summed E-state index contributed by atoms with van der Waals surface area (Å²) in [6.07, 6.45) is 0. The molecule has 0 saturated carbocycles. The Kier molecular flexibility index (Phi) is 5.66. The topological polar surface area (TPSA) is 76.1 Å². The van der Waals surface area contributed by atoms with Crippen molar-refractivity contribution >= 4 is 17.4 Å². The summed E-state index contributed by atoms with van der Waals surface area (Å²) in [4.78, 5) is 21.1. The number of nitrogens with zero attached hydrogens (tertiary/aromatic N) is 2. The first-order chi connectivity index (χ1) is 13.0. The van der Waals surface area contributed by atoms with Crippen LogP contribution in [0.2, 0.25) is 0 Å². The SMILES string of the molecule is COc1cccc(Nc2cc(C(=O)NCc3ccc(C)cc3)nc(C)n2)c1. The molecule has 3 aromatic rings. The van der Waals surface area contributed by atoms with Crippen molar-refractivity contribution in [1.82, 2.24) is 15.3 Å². The van der Waals surface area contributed by atoms with Crippen LogP contribution < -0.4 is 15.4 Å². The Labute approximate surface area is 158 Å². The summed E-state index contributed by atoms with van der Waals surface area (Å²) in [7, 11) is 1.62. The second-order valence-electron chi connectivity index (χ2n) is 6.21. The first-order valence-electron chi connectivity index (χ1n) is 8.64. The fourth-order valence-corrected chi connectivity index (χ4v) is 2.58. The molecule has 3 rings (SSSR count). The van der Waals surface area contributed by atoms with Gasteiger partial charge in [-0.1, -0.05) is 35.9 Å². The molecule has 138 valence electrons. The molecule has 1 aromatic heterocycles. The Morgan fingerprint density at radius 3 is 2.56 bits per heavy atom. The molecule has 2 N–H and O–H groups in total. The van der Waals surface area contributed by atoms with E-state index in [2.05, 4.69) is 20.6 Å². The maximum absolute atomic E-state index is 12.5. The highest BCUT2D eigenvalue weighted by molar-refractivity contribution is 5.93. The van der Waals surface area contributed by atoms with E-state index in [-0.39, 0.29) is 5.91 Å². The minimum Gasteiger partial charge on any atom is -0.497 e. The lowest BCUT2D eigenvalue weighted by Crippen LogP contribution is -2.24. The summed E-state index contributed by atoms with van der Waals surface area (Å²) in [5, 5.41) is 6.08. The predicted octanol–water partition coefficient (Wildman–Crippen LogP) is 3.78. The van der Waals surface area contributed by atoms with E-state index in [1.807, 2.05) is 55.5 Å². The van der Waals surface area contributed by atoms with Crippen molar-refractivity contribution in [3.63, 3.8) is 0 Å². The van der Waals surface area contributed by atoms with Crippen LogP contribution in [0.3, 0.4) is 0 Å². The van der Waals surface area contributed by atoms with Crippen LogP contribution in [0, 0.1) is 13.8 Å². The Hall–Kier alpha value is -3.41. The monoisotopic (exact) mass is 362 g/mol. The first kappa shape index (κ1) is 18.4. The van der Waals surface area contributed by atoms with Crippen molar-refractivity contribution in [2.24, 2.45) is 0 Å². The standard InChI is InChI=1S/C21H22N4O2/c1-14-7-9-16(10-8-14)13-22-21(26)19-12-20(24-15(2)23-19)25-17-5-4-6-18(11-17)27-3/h4-12H,13H2,1-3H3,(H,22,26)(H,23,24,25). The summed E-state index contributed by atoms with van der Waals surface area (Å²) in [5.41, 5.74) is 3.36. The van der Waals surface area contributed by atoms with Gasteiger partial charge in [-0.25, -0.2) is 9.97 Å². The Bertz CT molecular complexity index is 939. The Balaban J connectivity index is 1.71. The summed E-state index contributed by atoms with van der Waals surface area (Å²) in [6.45, 7) is 4.23. The molecule has 0 unspecified atom stereocenters. The number of ether oxygens (including phenoxy) is 1. The number of aryl methyl sites for hydroxylation is 2. The number of hydrogen-bond donors (Lipinski definition) is 2. The molecular formula is C21H22N4O2. The van der Waals surface area contributed by atoms with E-state index < -0.39 is 0 Å². The maximum Gasteiger partial charge on any atom is 0.270 e. The zero-order valence-electron chi connectivity index (χ0n) is 15.6. The highest BCUT2D eigenvalue weighted by Crippen LogP contribution is 2.20. The van der Waals surface area contributed by atoms with E-state index in [4.69, 9.17) is 4.74 Å². The lowest BCUT2D eigenvalue weighted by atomic mass is 10.1. The molecule has 1 heterocycles. The summed E-state index contributed by atoms with van der Waals surface area (Å²) >= 11 is 0. The fourth-order valence-electron chi connectivity index (χ4n) is 2.58. The molecule has 0 aliphatic rings. The van der Waals surface area contributed by atoms with Gasteiger partial charge in [0, 0.05) is 24.4 Å². The molecule has 0 radical (unpaired) electrons. The molecular weight excluding hydrogens is 340 g/mol. The number of carbonyl (C=O) groups excluding carboxylic acids is 1. The van der Waals surface area contributed by atoms with Crippen molar-refractivity contribution in [3.05, 3.63) is 77.2 Å². The smallest absolute Gasteiger partial charge is 0.270 e. The number of methoxy groups -OCH3 is 1. The molecule has 27 heavy (non-hydrogen) atoms. The summed E-state index contributed by atoms with van der Waals surface area (Å²) in [6, 6.07) is 17.2. The van der Waals surface area contributed by atoms with Crippen molar-refractivity contribution < 1.29 is 9.53 Å². The highest BCUT2D eigenvalue weighted by atomic mass is 16.5. The van der Waals surface area contributed by atoms with Gasteiger partial charge in [0.1, 0.15) is 23.1 Å². The van der Waals surface area contributed by atoms with Gasteiger partial charge in [-0.15, -0.1) is 0 Å². The largest absolute Gasteiger partial charge is 0.497 e. The van der Waals surface area contributed by atoms with Gasteiger partial charge in [0.15, 0.2) is 0 Å². The third kappa shape index (κ3) is 5.04. The van der Waals surface area contributed by atoms with Crippen LogP contribution in [0.1, 0.15) is 27.4 Å². The van der Waals surface area contributed by atoms with Crippen LogP contribution in [0.15, 0.2) is 54.6 Å². The van der Waals surface area contributed by atoms with Crippen molar-refractivity contribution in [1.29, 1.82) is 0 Å².